The van der Waals surface area contributed by atoms with Gasteiger partial charge in [-0.1, -0.05) is 12.1 Å². The number of non-ortho nitro benzene ring substituents is 1. The van der Waals surface area contributed by atoms with Crippen LogP contribution in [-0.4, -0.2) is 27.2 Å². The minimum atomic E-state index is -0.826. The summed E-state index contributed by atoms with van der Waals surface area (Å²) in [7, 11) is 0. The number of aliphatic hydroxyl groups excluding tert-OH is 1. The molecule has 0 aromatic heterocycles. The van der Waals surface area contributed by atoms with Crippen molar-refractivity contribution >= 4 is 17.9 Å². The summed E-state index contributed by atoms with van der Waals surface area (Å²) in [6, 6.07) is 5.76. The highest BCUT2D eigenvalue weighted by Crippen LogP contribution is 2.19. The Morgan fingerprint density at radius 2 is 2.11 bits per heavy atom. The smallest absolute Gasteiger partial charge is 0.406 e. The molecule has 1 aliphatic heterocycles. The van der Waals surface area contributed by atoms with Crippen molar-refractivity contribution in [2.45, 2.75) is 6.54 Å². The molecular formula is C11H9N4O4+. The van der Waals surface area contributed by atoms with Crippen LogP contribution in [0.5, 0.6) is 0 Å². The molecule has 1 heterocycles. The zero-order valence-electron chi connectivity index (χ0n) is 9.61. The number of aliphatic imine (C=N–C) groups is 1. The van der Waals surface area contributed by atoms with Crippen LogP contribution in [0.15, 0.2) is 40.8 Å². The second-order valence-corrected chi connectivity index (χ2v) is 3.76. The fourth-order valence-corrected chi connectivity index (χ4v) is 1.59. The number of nitro benzene ring substituents is 1. The van der Waals surface area contributed by atoms with Crippen molar-refractivity contribution in [1.29, 1.82) is 0 Å². The fraction of sp³-hybridized carbons (Fsp3) is 0.0909. The average molecular weight is 261 g/mol. The van der Waals surface area contributed by atoms with Crippen molar-refractivity contribution in [1.82, 2.24) is 4.90 Å². The van der Waals surface area contributed by atoms with Gasteiger partial charge in [-0.05, 0) is 5.56 Å². The first-order valence-electron chi connectivity index (χ1n) is 5.19. The van der Waals surface area contributed by atoms with Gasteiger partial charge in [0.25, 0.3) is 12.0 Å². The van der Waals surface area contributed by atoms with E-state index in [1.54, 1.807) is 0 Å². The predicted molar refractivity (Wildman–Crippen MR) is 64.9 cm³/mol. The van der Waals surface area contributed by atoms with E-state index in [4.69, 9.17) is 5.73 Å². The summed E-state index contributed by atoms with van der Waals surface area (Å²) in [5, 5.41) is 19.9. The molecule has 0 atom stereocenters. The highest BCUT2D eigenvalue weighted by molar-refractivity contribution is 5.95. The summed E-state index contributed by atoms with van der Waals surface area (Å²) in [4.78, 5) is 25.8. The van der Waals surface area contributed by atoms with Crippen molar-refractivity contribution in [3.8, 4) is 0 Å². The predicted octanol–water partition coefficient (Wildman–Crippen LogP) is 0.528. The van der Waals surface area contributed by atoms with Crippen LogP contribution in [-0.2, 0) is 11.3 Å². The summed E-state index contributed by atoms with van der Waals surface area (Å²) < 4.78 is 0. The Kier molecular flexibility index (Phi) is 3.09. The van der Waals surface area contributed by atoms with Gasteiger partial charge in [0.15, 0.2) is 0 Å². The van der Waals surface area contributed by atoms with Crippen LogP contribution >= 0.6 is 0 Å². The molecule has 0 saturated carbocycles. The molecule has 0 saturated heterocycles. The lowest BCUT2D eigenvalue weighted by atomic mass is 10.2. The van der Waals surface area contributed by atoms with E-state index < -0.39 is 16.7 Å². The van der Waals surface area contributed by atoms with Crippen molar-refractivity contribution in [3.05, 3.63) is 51.5 Å². The Morgan fingerprint density at radius 3 is 2.63 bits per heavy atom. The minimum absolute atomic E-state index is 0.0312. The Hall–Kier alpha value is -2.99. The Morgan fingerprint density at radius 1 is 1.47 bits per heavy atom. The van der Waals surface area contributed by atoms with Crippen LogP contribution in [0.1, 0.15) is 5.56 Å². The van der Waals surface area contributed by atoms with E-state index in [0.717, 1.165) is 0 Å². The second-order valence-electron chi connectivity index (χ2n) is 3.76. The molecule has 0 unspecified atom stereocenters. The molecule has 19 heavy (non-hydrogen) atoms. The van der Waals surface area contributed by atoms with Crippen LogP contribution in [0, 0.1) is 10.1 Å². The number of rotatable bonds is 4. The SMILES string of the molecule is NC(=O)C1=C(O)N=[C+]N1Cc1ccc([N+](=O)[O-])cc1. The highest BCUT2D eigenvalue weighted by atomic mass is 16.6. The van der Waals surface area contributed by atoms with Crippen LogP contribution in [0.25, 0.3) is 0 Å². The van der Waals surface area contributed by atoms with Gasteiger partial charge in [-0.2, -0.15) is 4.90 Å². The molecule has 0 aliphatic carbocycles. The van der Waals surface area contributed by atoms with Gasteiger partial charge >= 0.3 is 17.5 Å². The van der Waals surface area contributed by atoms with E-state index in [9.17, 15) is 20.0 Å². The van der Waals surface area contributed by atoms with Crippen molar-refractivity contribution in [2.24, 2.45) is 10.7 Å². The van der Waals surface area contributed by atoms with Crippen molar-refractivity contribution < 1.29 is 14.8 Å². The highest BCUT2D eigenvalue weighted by Gasteiger charge is 2.36. The molecule has 0 fully saturated rings. The number of nitrogens with zero attached hydrogens (tertiary/aromatic N) is 3. The number of aliphatic hydroxyl groups is 1. The zero-order valence-corrected chi connectivity index (χ0v) is 9.61. The monoisotopic (exact) mass is 261 g/mol. The largest absolute Gasteiger partial charge is 0.422 e. The van der Waals surface area contributed by atoms with Gasteiger partial charge in [0, 0.05) is 17.1 Å². The number of primary amides is 1. The Balaban J connectivity index is 2.16. The molecule has 2 rings (SSSR count). The van der Waals surface area contributed by atoms with Crippen LogP contribution in [0.4, 0.5) is 5.69 Å². The number of nitrogens with two attached hydrogens (primary N) is 1. The molecule has 1 aromatic rings. The van der Waals surface area contributed by atoms with Gasteiger partial charge < -0.3 is 10.8 Å². The third-order valence-electron chi connectivity index (χ3n) is 2.48. The lowest BCUT2D eigenvalue weighted by molar-refractivity contribution is -0.384. The number of hydrogen-bond donors (Lipinski definition) is 2. The molecule has 0 spiro atoms. The summed E-state index contributed by atoms with van der Waals surface area (Å²) in [6.45, 7) is 0.170. The van der Waals surface area contributed by atoms with E-state index >= 15 is 0 Å². The number of carbonyl (C=O) groups excluding carboxylic acids is 1. The first kappa shape index (κ1) is 12.5. The molecule has 8 nitrogen and oxygen atoms in total. The maximum absolute atomic E-state index is 11.1. The zero-order chi connectivity index (χ0) is 14.0. The average Bonchev–Trinajstić information content (AvgIpc) is 2.71. The van der Waals surface area contributed by atoms with Crippen LogP contribution in [0.2, 0.25) is 0 Å². The van der Waals surface area contributed by atoms with Crippen LogP contribution in [0.3, 0.4) is 0 Å². The maximum Gasteiger partial charge on any atom is 0.406 e. The van der Waals surface area contributed by atoms with E-state index in [0.29, 0.717) is 5.56 Å². The van der Waals surface area contributed by atoms with Gasteiger partial charge in [-0.25, -0.2) is 4.79 Å². The van der Waals surface area contributed by atoms with Crippen molar-refractivity contribution in [3.63, 3.8) is 0 Å². The van der Waals surface area contributed by atoms with E-state index in [1.807, 2.05) is 0 Å². The molecule has 1 aromatic carbocycles. The molecule has 96 valence electrons. The third-order valence-corrected chi connectivity index (χ3v) is 2.48. The van der Waals surface area contributed by atoms with Crippen molar-refractivity contribution in [2.75, 3.05) is 0 Å². The second kappa shape index (κ2) is 4.71. The normalized spacial score (nSPS) is 13.6. The lowest BCUT2D eigenvalue weighted by Gasteiger charge is -2.06. The molecule has 1 aliphatic rings. The quantitative estimate of drug-likeness (QED) is 0.465. The summed E-state index contributed by atoms with van der Waals surface area (Å²) in [6.07, 6.45) is 2.42. The first-order valence-corrected chi connectivity index (χ1v) is 5.19. The van der Waals surface area contributed by atoms with Crippen LogP contribution < -0.4 is 5.73 Å². The molecule has 8 heteroatoms. The van der Waals surface area contributed by atoms with Gasteiger partial charge in [0.05, 0.1) is 11.5 Å². The number of nitro groups is 1. The number of benzene rings is 1. The minimum Gasteiger partial charge on any atom is -0.422 e. The van der Waals surface area contributed by atoms with Gasteiger partial charge in [-0.15, -0.1) is 0 Å². The molecule has 1 amide bonds. The Bertz CT molecular complexity index is 591. The van der Waals surface area contributed by atoms with E-state index in [2.05, 4.69) is 11.3 Å². The molecule has 0 radical (unpaired) electrons. The summed E-state index contributed by atoms with van der Waals surface area (Å²) >= 11 is 0. The molecular weight excluding hydrogens is 252 g/mol. The van der Waals surface area contributed by atoms with Gasteiger partial charge in [0.2, 0.25) is 0 Å². The first-order chi connectivity index (χ1) is 8.99. The molecule has 3 N–H and O–H groups in total. The Labute approximate surface area is 107 Å². The van der Waals surface area contributed by atoms with Gasteiger partial charge in [0.1, 0.15) is 0 Å². The van der Waals surface area contributed by atoms with Gasteiger partial charge in [-0.3, -0.25) is 10.1 Å². The van der Waals surface area contributed by atoms with E-state index in [1.165, 1.54) is 29.2 Å². The summed E-state index contributed by atoms with van der Waals surface area (Å²) in [5.74, 6) is -1.32. The molecule has 0 bridgehead atoms. The summed E-state index contributed by atoms with van der Waals surface area (Å²) in [5.41, 5.74) is 5.60. The maximum atomic E-state index is 11.1. The number of amides is 1. The van der Waals surface area contributed by atoms with E-state index in [-0.39, 0.29) is 17.9 Å². The standard InChI is InChI=1S/C11H8N4O4/c12-10(16)9-11(17)13-6-14(9)5-7-1-3-8(4-2-7)15(18)19/h1-4H,5H2,(H2-,12,16,17)/p+1. The number of carbonyl (C=O) groups is 1. The lowest BCUT2D eigenvalue weighted by Crippen LogP contribution is -2.28. The fourth-order valence-electron chi connectivity index (χ4n) is 1.59. The number of hydrogen-bond acceptors (Lipinski definition) is 6. The third kappa shape index (κ3) is 2.48. The topological polar surface area (TPSA) is 122 Å².